The molecule has 2 aromatic carbocycles. The number of piperidine rings is 2. The van der Waals surface area contributed by atoms with E-state index in [1.54, 1.807) is 16.4 Å². The first kappa shape index (κ1) is 23.6. The number of rotatable bonds is 6. The molecule has 0 radical (unpaired) electrons. The minimum Gasteiger partial charge on any atom is -0.300 e. The number of sulfonamides is 1. The molecule has 3 fully saturated rings. The van der Waals surface area contributed by atoms with Crippen molar-refractivity contribution in [3.63, 3.8) is 0 Å². The van der Waals surface area contributed by atoms with Crippen molar-refractivity contribution in [1.29, 1.82) is 0 Å². The fraction of sp³-hybridized carbons (Fsp3) is 0.423. The van der Waals surface area contributed by atoms with Crippen LogP contribution in [0.1, 0.15) is 36.8 Å². The maximum Gasteiger partial charge on any atom is 0.243 e. The van der Waals surface area contributed by atoms with E-state index in [0.717, 1.165) is 72.2 Å². The number of carbonyl (C=O) groups is 1. The third-order valence-corrected chi connectivity index (χ3v) is 10.9. The van der Waals surface area contributed by atoms with Crippen LogP contribution >= 0.6 is 23.4 Å². The molecule has 1 saturated carbocycles. The molecule has 2 aromatic rings. The molecule has 3 atom stereocenters. The van der Waals surface area contributed by atoms with Gasteiger partial charge in [-0.15, -0.1) is 0 Å². The fourth-order valence-corrected chi connectivity index (χ4v) is 8.38. The molecule has 3 aliphatic heterocycles. The molecule has 6 nitrogen and oxygen atoms in total. The van der Waals surface area contributed by atoms with E-state index >= 15 is 0 Å². The Morgan fingerprint density at radius 2 is 1.51 bits per heavy atom. The second-order valence-corrected chi connectivity index (χ2v) is 13.3. The van der Waals surface area contributed by atoms with Crippen molar-refractivity contribution < 1.29 is 13.2 Å². The van der Waals surface area contributed by atoms with Crippen molar-refractivity contribution in [3.8, 4) is 0 Å². The average molecular weight is 530 g/mol. The zero-order valence-corrected chi connectivity index (χ0v) is 21.7. The molecule has 1 aliphatic carbocycles. The standard InChI is InChI=1S/C26H28ClN3O3S2/c27-22-8-4-18(5-9-22)25-26(34-24(17-31)30(25)28-15-20-14-21(20)16-28)19-6-10-23(11-7-19)35(32,33)29-12-2-1-3-13-29/h4-11,17,20-21,24H,1-3,12-16H2. The Bertz CT molecular complexity index is 1250. The first-order valence-electron chi connectivity index (χ1n) is 12.2. The maximum atomic E-state index is 13.1. The quantitative estimate of drug-likeness (QED) is 0.502. The van der Waals surface area contributed by atoms with Gasteiger partial charge in [0.25, 0.3) is 0 Å². The summed E-state index contributed by atoms with van der Waals surface area (Å²) in [4.78, 5) is 13.5. The molecule has 35 heavy (non-hydrogen) atoms. The second kappa shape index (κ2) is 9.23. The van der Waals surface area contributed by atoms with E-state index in [1.165, 1.54) is 18.2 Å². The lowest BCUT2D eigenvalue weighted by atomic mass is 10.1. The number of hydrogen-bond donors (Lipinski definition) is 0. The smallest absolute Gasteiger partial charge is 0.243 e. The molecule has 184 valence electrons. The summed E-state index contributed by atoms with van der Waals surface area (Å²) in [6, 6.07) is 14.9. The van der Waals surface area contributed by atoms with Crippen LogP contribution in [0.25, 0.3) is 10.6 Å². The average Bonchev–Trinajstić information content (AvgIpc) is 3.32. The lowest BCUT2D eigenvalue weighted by Crippen LogP contribution is -2.44. The molecule has 0 amide bonds. The summed E-state index contributed by atoms with van der Waals surface area (Å²) in [5, 5.41) is 4.78. The first-order chi connectivity index (χ1) is 17.0. The van der Waals surface area contributed by atoms with E-state index in [0.29, 0.717) is 23.0 Å². The van der Waals surface area contributed by atoms with Crippen LogP contribution in [-0.4, -0.2) is 60.6 Å². The summed E-state index contributed by atoms with van der Waals surface area (Å²) in [5.74, 6) is 1.45. The van der Waals surface area contributed by atoms with Crippen LogP contribution in [0.5, 0.6) is 0 Å². The Hall–Kier alpha value is -1.84. The van der Waals surface area contributed by atoms with Gasteiger partial charge in [0.1, 0.15) is 0 Å². The lowest BCUT2D eigenvalue weighted by molar-refractivity contribution is -0.112. The summed E-state index contributed by atoms with van der Waals surface area (Å²) in [7, 11) is -3.49. The lowest BCUT2D eigenvalue weighted by Gasteiger charge is -2.35. The van der Waals surface area contributed by atoms with Gasteiger partial charge >= 0.3 is 0 Å². The van der Waals surface area contributed by atoms with Crippen molar-refractivity contribution in [1.82, 2.24) is 14.3 Å². The summed E-state index contributed by atoms with van der Waals surface area (Å²) < 4.78 is 27.9. The van der Waals surface area contributed by atoms with Gasteiger partial charge in [-0.25, -0.2) is 13.4 Å². The number of aldehydes is 1. The second-order valence-electron chi connectivity index (χ2n) is 9.79. The highest BCUT2D eigenvalue weighted by molar-refractivity contribution is 8.10. The summed E-state index contributed by atoms with van der Waals surface area (Å²) >= 11 is 7.70. The van der Waals surface area contributed by atoms with Crippen LogP contribution in [0.2, 0.25) is 5.02 Å². The molecule has 2 saturated heterocycles. The van der Waals surface area contributed by atoms with Crippen molar-refractivity contribution in [2.75, 3.05) is 26.2 Å². The van der Waals surface area contributed by atoms with Crippen molar-refractivity contribution >= 4 is 50.3 Å². The topological polar surface area (TPSA) is 60.9 Å². The van der Waals surface area contributed by atoms with Crippen molar-refractivity contribution in [2.24, 2.45) is 11.8 Å². The van der Waals surface area contributed by atoms with Crippen LogP contribution in [0, 0.1) is 11.8 Å². The third kappa shape index (κ3) is 4.33. The molecule has 3 heterocycles. The molecular weight excluding hydrogens is 502 g/mol. The highest BCUT2D eigenvalue weighted by Gasteiger charge is 2.50. The molecule has 9 heteroatoms. The number of hydrogen-bond acceptors (Lipinski definition) is 6. The Kier molecular flexibility index (Phi) is 6.21. The van der Waals surface area contributed by atoms with E-state index in [4.69, 9.17) is 11.6 Å². The van der Waals surface area contributed by atoms with E-state index < -0.39 is 10.0 Å². The van der Waals surface area contributed by atoms with Crippen molar-refractivity contribution in [3.05, 3.63) is 64.7 Å². The molecule has 3 unspecified atom stereocenters. The largest absolute Gasteiger partial charge is 0.300 e. The number of nitrogens with zero attached hydrogens (tertiary/aromatic N) is 3. The maximum absolute atomic E-state index is 13.1. The fourth-order valence-electron chi connectivity index (χ4n) is 5.50. The molecule has 0 N–H and O–H groups in total. The predicted octanol–water partition coefficient (Wildman–Crippen LogP) is 4.78. The van der Waals surface area contributed by atoms with E-state index in [-0.39, 0.29) is 5.37 Å². The highest BCUT2D eigenvalue weighted by atomic mass is 35.5. The van der Waals surface area contributed by atoms with Gasteiger partial charge in [-0.2, -0.15) is 4.31 Å². The molecule has 0 aromatic heterocycles. The highest BCUT2D eigenvalue weighted by Crippen LogP contribution is 2.53. The normalized spacial score (nSPS) is 27.3. The van der Waals surface area contributed by atoms with Gasteiger partial charge < -0.3 is 4.79 Å². The van der Waals surface area contributed by atoms with Gasteiger partial charge in [0.15, 0.2) is 11.7 Å². The zero-order valence-electron chi connectivity index (χ0n) is 19.3. The van der Waals surface area contributed by atoms with E-state index in [2.05, 4.69) is 10.0 Å². The zero-order chi connectivity index (χ0) is 24.2. The molecule has 0 spiro atoms. The summed E-state index contributed by atoms with van der Waals surface area (Å²) in [6.45, 7) is 3.10. The van der Waals surface area contributed by atoms with E-state index in [9.17, 15) is 13.2 Å². The van der Waals surface area contributed by atoms with Crippen LogP contribution < -0.4 is 0 Å². The number of thioether (sulfide) groups is 1. The molecule has 6 rings (SSSR count). The van der Waals surface area contributed by atoms with Crippen molar-refractivity contribution in [2.45, 2.75) is 36.0 Å². The number of fused-ring (bicyclic) bond motifs is 1. The Labute approximate surface area is 215 Å². The monoisotopic (exact) mass is 529 g/mol. The van der Waals surface area contributed by atoms with Gasteiger partial charge in [-0.3, -0.25) is 5.01 Å². The number of hydrazine groups is 1. The molecule has 0 bridgehead atoms. The Balaban J connectivity index is 1.39. The van der Waals surface area contributed by atoms with Crippen LogP contribution in [0.15, 0.2) is 53.4 Å². The van der Waals surface area contributed by atoms with Crippen LogP contribution in [0.4, 0.5) is 0 Å². The number of carbonyl (C=O) groups excluding carboxylic acids is 1. The molecular formula is C26H28ClN3O3S2. The molecule has 4 aliphatic rings. The Morgan fingerprint density at radius 3 is 2.14 bits per heavy atom. The summed E-state index contributed by atoms with van der Waals surface area (Å²) in [5.41, 5.74) is 2.89. The van der Waals surface area contributed by atoms with Crippen LogP contribution in [0.3, 0.4) is 0 Å². The minimum atomic E-state index is -3.49. The predicted molar refractivity (Wildman–Crippen MR) is 140 cm³/mol. The van der Waals surface area contributed by atoms with Gasteiger partial charge in [0, 0.05) is 41.7 Å². The first-order valence-corrected chi connectivity index (χ1v) is 14.9. The SMILES string of the molecule is O=CC1SC(c2ccc(S(=O)(=O)N3CCCCC3)cc2)=C(c2ccc(Cl)cc2)N1N1CC2CC2C1. The van der Waals surface area contributed by atoms with Gasteiger partial charge in [0.05, 0.1) is 10.6 Å². The van der Waals surface area contributed by atoms with Gasteiger partial charge in [-0.1, -0.05) is 54.0 Å². The van der Waals surface area contributed by atoms with Crippen LogP contribution in [-0.2, 0) is 14.8 Å². The summed E-state index contributed by atoms with van der Waals surface area (Å²) in [6.07, 6.45) is 5.19. The minimum absolute atomic E-state index is 0.322. The number of halogens is 1. The van der Waals surface area contributed by atoms with E-state index in [1.807, 2.05) is 36.4 Å². The van der Waals surface area contributed by atoms with Gasteiger partial charge in [0.2, 0.25) is 10.0 Å². The Morgan fingerprint density at radius 1 is 0.886 bits per heavy atom. The van der Waals surface area contributed by atoms with Gasteiger partial charge in [-0.05, 0) is 60.9 Å². The number of benzene rings is 2. The third-order valence-electron chi connectivity index (χ3n) is 7.49.